The largest absolute Gasteiger partial charge is 0.370 e. The second kappa shape index (κ2) is 5.15. The first kappa shape index (κ1) is 8.01. The van der Waals surface area contributed by atoms with Crippen LogP contribution in [0.4, 0.5) is 0 Å². The van der Waals surface area contributed by atoms with Crippen molar-refractivity contribution in [1.82, 2.24) is 5.32 Å². The van der Waals surface area contributed by atoms with Crippen molar-refractivity contribution < 1.29 is 0 Å². The van der Waals surface area contributed by atoms with E-state index in [9.17, 15) is 0 Å². The van der Waals surface area contributed by atoms with Crippen molar-refractivity contribution in [3.63, 3.8) is 0 Å². The third-order valence-electron chi connectivity index (χ3n) is 0.895. The van der Waals surface area contributed by atoms with E-state index >= 15 is 0 Å². The molecule has 0 saturated heterocycles. The van der Waals surface area contributed by atoms with Gasteiger partial charge >= 0.3 is 0 Å². The molecule has 0 rings (SSSR count). The fraction of sp³-hybridized carbons (Fsp3) is 0.500. The average Bonchev–Trinajstić information content (AvgIpc) is 1.89. The summed E-state index contributed by atoms with van der Waals surface area (Å²) in [7, 11) is 1.65. The first-order valence-corrected chi connectivity index (χ1v) is 2.88. The molecule has 0 heterocycles. The Kier molecular flexibility index (Phi) is 4.59. The standard InChI is InChI=1S/C6H13N3/c1-3-4-5-9-6(7)8-2/h3H,1,4-5H2,2H3,(H3,7,8,9). The summed E-state index contributed by atoms with van der Waals surface area (Å²) in [6.45, 7) is 4.37. The summed E-state index contributed by atoms with van der Waals surface area (Å²) in [5.74, 6) is 0.483. The number of hydrogen-bond donors (Lipinski definition) is 2. The van der Waals surface area contributed by atoms with E-state index in [1.54, 1.807) is 7.05 Å². The number of guanidine groups is 1. The van der Waals surface area contributed by atoms with Crippen LogP contribution in [0.15, 0.2) is 17.6 Å². The first-order chi connectivity index (χ1) is 4.31. The Morgan fingerprint density at radius 1 is 1.89 bits per heavy atom. The van der Waals surface area contributed by atoms with Gasteiger partial charge in [-0.2, -0.15) is 0 Å². The molecule has 0 fully saturated rings. The molecule has 3 N–H and O–H groups in total. The Bertz CT molecular complexity index is 107. The monoisotopic (exact) mass is 127 g/mol. The Labute approximate surface area is 55.7 Å². The van der Waals surface area contributed by atoms with E-state index in [1.165, 1.54) is 0 Å². The summed E-state index contributed by atoms with van der Waals surface area (Å²) >= 11 is 0. The van der Waals surface area contributed by atoms with Crippen molar-refractivity contribution in [1.29, 1.82) is 0 Å². The van der Waals surface area contributed by atoms with Gasteiger partial charge in [0.1, 0.15) is 0 Å². The number of hydrogen-bond acceptors (Lipinski definition) is 1. The highest BCUT2D eigenvalue weighted by Gasteiger charge is 1.83. The summed E-state index contributed by atoms with van der Waals surface area (Å²) in [6, 6.07) is 0. The van der Waals surface area contributed by atoms with Crippen LogP contribution >= 0.6 is 0 Å². The minimum Gasteiger partial charge on any atom is -0.370 e. The van der Waals surface area contributed by atoms with Gasteiger partial charge in [0.25, 0.3) is 0 Å². The van der Waals surface area contributed by atoms with Crippen LogP contribution in [0.25, 0.3) is 0 Å². The number of nitrogens with two attached hydrogens (primary N) is 1. The SMILES string of the molecule is C=CCCNC(N)=NC. The zero-order valence-electron chi connectivity index (χ0n) is 5.72. The molecule has 0 spiro atoms. The number of rotatable bonds is 3. The number of nitrogens with one attached hydrogen (secondary N) is 1. The second-order valence-electron chi connectivity index (χ2n) is 1.61. The van der Waals surface area contributed by atoms with E-state index in [-0.39, 0.29) is 0 Å². The smallest absolute Gasteiger partial charge is 0.188 e. The summed E-state index contributed by atoms with van der Waals surface area (Å²) < 4.78 is 0. The van der Waals surface area contributed by atoms with Crippen LogP contribution in [0.1, 0.15) is 6.42 Å². The summed E-state index contributed by atoms with van der Waals surface area (Å²) in [5.41, 5.74) is 5.32. The highest BCUT2D eigenvalue weighted by Crippen LogP contribution is 1.73. The third kappa shape index (κ3) is 4.87. The van der Waals surface area contributed by atoms with Gasteiger partial charge in [-0.25, -0.2) is 0 Å². The van der Waals surface area contributed by atoms with E-state index in [0.717, 1.165) is 13.0 Å². The molecule has 3 nitrogen and oxygen atoms in total. The van der Waals surface area contributed by atoms with Crippen molar-refractivity contribution in [3.05, 3.63) is 12.7 Å². The molecule has 0 aromatic carbocycles. The van der Waals surface area contributed by atoms with Crippen molar-refractivity contribution in [2.75, 3.05) is 13.6 Å². The third-order valence-corrected chi connectivity index (χ3v) is 0.895. The Morgan fingerprint density at radius 3 is 3.00 bits per heavy atom. The highest BCUT2D eigenvalue weighted by atomic mass is 15.1. The van der Waals surface area contributed by atoms with Gasteiger partial charge in [-0.05, 0) is 6.42 Å². The van der Waals surface area contributed by atoms with Crippen LogP contribution in [0.2, 0.25) is 0 Å². The summed E-state index contributed by atoms with van der Waals surface area (Å²) in [4.78, 5) is 3.71. The molecule has 0 unspecified atom stereocenters. The molecule has 0 saturated carbocycles. The molecule has 0 aromatic heterocycles. The maximum Gasteiger partial charge on any atom is 0.188 e. The molecule has 0 radical (unpaired) electrons. The van der Waals surface area contributed by atoms with E-state index in [2.05, 4.69) is 16.9 Å². The van der Waals surface area contributed by atoms with Crippen molar-refractivity contribution in [3.8, 4) is 0 Å². The lowest BCUT2D eigenvalue weighted by Gasteiger charge is -1.99. The van der Waals surface area contributed by atoms with E-state index in [1.807, 2.05) is 6.08 Å². The minimum absolute atomic E-state index is 0.483. The first-order valence-electron chi connectivity index (χ1n) is 2.88. The van der Waals surface area contributed by atoms with Gasteiger partial charge in [0.2, 0.25) is 0 Å². The van der Waals surface area contributed by atoms with E-state index < -0.39 is 0 Å². The van der Waals surface area contributed by atoms with Gasteiger partial charge in [-0.1, -0.05) is 6.08 Å². The zero-order chi connectivity index (χ0) is 7.11. The Morgan fingerprint density at radius 2 is 2.56 bits per heavy atom. The second-order valence-corrected chi connectivity index (χ2v) is 1.61. The maximum absolute atomic E-state index is 5.32. The van der Waals surface area contributed by atoms with Gasteiger partial charge in [0.05, 0.1) is 0 Å². The van der Waals surface area contributed by atoms with Crippen LogP contribution in [0, 0.1) is 0 Å². The Hall–Kier alpha value is -0.990. The molecule has 0 bridgehead atoms. The lowest BCUT2D eigenvalue weighted by Crippen LogP contribution is -2.31. The molecule has 0 aromatic rings. The predicted octanol–water partition coefficient (Wildman–Crippen LogP) is 0.0966. The maximum atomic E-state index is 5.32. The topological polar surface area (TPSA) is 50.4 Å². The lowest BCUT2D eigenvalue weighted by atomic mass is 10.4. The van der Waals surface area contributed by atoms with Crippen molar-refractivity contribution in [2.45, 2.75) is 6.42 Å². The molecule has 9 heavy (non-hydrogen) atoms. The zero-order valence-corrected chi connectivity index (χ0v) is 5.72. The summed E-state index contributed by atoms with van der Waals surface area (Å²) in [5, 5.41) is 2.89. The van der Waals surface area contributed by atoms with Crippen LogP contribution < -0.4 is 11.1 Å². The van der Waals surface area contributed by atoms with Crippen LogP contribution in [0.5, 0.6) is 0 Å². The van der Waals surface area contributed by atoms with Gasteiger partial charge < -0.3 is 11.1 Å². The van der Waals surface area contributed by atoms with Crippen molar-refractivity contribution >= 4 is 5.96 Å². The Balaban J connectivity index is 3.17. The van der Waals surface area contributed by atoms with Crippen LogP contribution in [0.3, 0.4) is 0 Å². The predicted molar refractivity (Wildman–Crippen MR) is 40.4 cm³/mol. The molecule has 52 valence electrons. The van der Waals surface area contributed by atoms with Gasteiger partial charge in [-0.15, -0.1) is 6.58 Å². The molecule has 0 amide bonds. The highest BCUT2D eigenvalue weighted by molar-refractivity contribution is 5.77. The molecule has 0 aliphatic carbocycles. The minimum atomic E-state index is 0.483. The van der Waals surface area contributed by atoms with Gasteiger partial charge in [0.15, 0.2) is 5.96 Å². The van der Waals surface area contributed by atoms with Gasteiger partial charge in [0, 0.05) is 13.6 Å². The quantitative estimate of drug-likeness (QED) is 0.244. The number of nitrogens with zero attached hydrogens (tertiary/aromatic N) is 1. The average molecular weight is 127 g/mol. The van der Waals surface area contributed by atoms with Crippen LogP contribution in [-0.2, 0) is 0 Å². The molecular formula is C6H13N3. The molecule has 0 aliphatic heterocycles. The van der Waals surface area contributed by atoms with Crippen LogP contribution in [-0.4, -0.2) is 19.6 Å². The fourth-order valence-electron chi connectivity index (χ4n) is 0.381. The normalized spacial score (nSPS) is 11.0. The van der Waals surface area contributed by atoms with E-state index in [0.29, 0.717) is 5.96 Å². The number of aliphatic imine (C=N–C) groups is 1. The molecule has 3 heteroatoms. The fourth-order valence-corrected chi connectivity index (χ4v) is 0.381. The van der Waals surface area contributed by atoms with E-state index in [4.69, 9.17) is 5.73 Å². The summed E-state index contributed by atoms with van der Waals surface area (Å²) in [6.07, 6.45) is 2.74. The van der Waals surface area contributed by atoms with Gasteiger partial charge in [-0.3, -0.25) is 4.99 Å². The lowest BCUT2D eigenvalue weighted by molar-refractivity contribution is 0.880. The molecule has 0 atom stereocenters. The molecular weight excluding hydrogens is 114 g/mol. The van der Waals surface area contributed by atoms with Crippen molar-refractivity contribution in [2.24, 2.45) is 10.7 Å². The molecule has 0 aliphatic rings.